The molecule has 120 valence electrons. The van der Waals surface area contributed by atoms with Crippen molar-refractivity contribution in [1.82, 2.24) is 15.2 Å². The van der Waals surface area contributed by atoms with Crippen molar-refractivity contribution in [1.29, 1.82) is 0 Å². The second-order valence-electron chi connectivity index (χ2n) is 4.89. The molecule has 5 nitrogen and oxygen atoms in total. The van der Waals surface area contributed by atoms with E-state index >= 15 is 0 Å². The van der Waals surface area contributed by atoms with Gasteiger partial charge in [0.25, 0.3) is 0 Å². The van der Waals surface area contributed by atoms with Gasteiger partial charge in [0.15, 0.2) is 0 Å². The van der Waals surface area contributed by atoms with Crippen LogP contribution in [0, 0.1) is 0 Å². The summed E-state index contributed by atoms with van der Waals surface area (Å²) in [7, 11) is 0. The van der Waals surface area contributed by atoms with Crippen LogP contribution in [0.2, 0.25) is 0 Å². The van der Waals surface area contributed by atoms with Crippen molar-refractivity contribution in [3.8, 4) is 0 Å². The quantitative estimate of drug-likeness (QED) is 0.818. The number of nitrogens with two attached hydrogens (primary N) is 1. The van der Waals surface area contributed by atoms with E-state index in [0.29, 0.717) is 19.5 Å². The number of anilines is 1. The zero-order valence-electron chi connectivity index (χ0n) is 10.7. The molecule has 1 aliphatic heterocycles. The Morgan fingerprint density at radius 3 is 2.33 bits per heavy atom. The van der Waals surface area contributed by atoms with E-state index in [1.807, 2.05) is 0 Å². The number of aromatic amines is 1. The number of nitrogens with zero attached hydrogens (tertiary/aromatic N) is 3. The second kappa shape index (κ2) is 5.35. The van der Waals surface area contributed by atoms with Gasteiger partial charge in [-0.25, -0.2) is 0 Å². The number of aromatic nitrogens is 3. The molecule has 0 saturated carbocycles. The summed E-state index contributed by atoms with van der Waals surface area (Å²) in [6.45, 7) is 0.730. The van der Waals surface area contributed by atoms with E-state index in [1.165, 1.54) is 4.90 Å². The largest absolute Gasteiger partial charge is 0.407 e. The topological polar surface area (TPSA) is 70.8 Å². The van der Waals surface area contributed by atoms with Crippen LogP contribution in [-0.2, 0) is 0 Å². The third-order valence-corrected chi connectivity index (χ3v) is 3.16. The number of piperidine rings is 1. The number of hydrogen-bond donors (Lipinski definition) is 2. The minimum Gasteiger partial charge on any atom is -0.338 e. The van der Waals surface area contributed by atoms with Crippen LogP contribution >= 0.6 is 0 Å². The molecule has 0 aliphatic carbocycles. The van der Waals surface area contributed by atoms with Gasteiger partial charge >= 0.3 is 12.4 Å². The van der Waals surface area contributed by atoms with Gasteiger partial charge < -0.3 is 10.6 Å². The normalized spacial score (nSPS) is 21.1. The fourth-order valence-electron chi connectivity index (χ4n) is 2.22. The Morgan fingerprint density at radius 1 is 1.19 bits per heavy atom. The van der Waals surface area contributed by atoms with Crippen LogP contribution in [0.5, 0.6) is 0 Å². The lowest BCUT2D eigenvalue weighted by atomic mass is 10.1. The van der Waals surface area contributed by atoms with E-state index in [-0.39, 0.29) is 12.0 Å². The van der Waals surface area contributed by atoms with Gasteiger partial charge in [0.1, 0.15) is 5.82 Å². The predicted molar refractivity (Wildman–Crippen MR) is 60.7 cm³/mol. The third kappa shape index (κ3) is 3.57. The molecular weight excluding hydrogens is 304 g/mol. The van der Waals surface area contributed by atoms with Crippen molar-refractivity contribution < 1.29 is 26.3 Å². The predicted octanol–water partition coefficient (Wildman–Crippen LogP) is 1.94. The van der Waals surface area contributed by atoms with Gasteiger partial charge in [0, 0.05) is 19.1 Å². The molecule has 1 aromatic heterocycles. The first-order valence-electron chi connectivity index (χ1n) is 6.15. The Kier molecular flexibility index (Phi) is 4.04. The molecule has 1 aliphatic rings. The zero-order chi connectivity index (χ0) is 15.8. The molecule has 2 heterocycles. The number of nitrogens with one attached hydrogen (secondary N) is 1. The van der Waals surface area contributed by atoms with E-state index in [0.717, 1.165) is 6.42 Å². The van der Waals surface area contributed by atoms with Gasteiger partial charge in [-0.15, -0.1) is 5.10 Å². The van der Waals surface area contributed by atoms with Crippen LogP contribution in [0.4, 0.5) is 32.3 Å². The lowest BCUT2D eigenvalue weighted by Gasteiger charge is -2.29. The lowest BCUT2D eigenvalue weighted by molar-refractivity contribution is -0.255. The average Bonchev–Trinajstić information content (AvgIpc) is 2.74. The average molecular weight is 317 g/mol. The fourth-order valence-corrected chi connectivity index (χ4v) is 2.22. The monoisotopic (exact) mass is 317 g/mol. The van der Waals surface area contributed by atoms with Crippen molar-refractivity contribution in [3.05, 3.63) is 5.82 Å². The van der Waals surface area contributed by atoms with Gasteiger partial charge in [-0.05, 0) is 12.8 Å². The minimum atomic E-state index is -5.49. The summed E-state index contributed by atoms with van der Waals surface area (Å²) < 4.78 is 75.4. The number of hydrogen-bond acceptors (Lipinski definition) is 4. The summed E-state index contributed by atoms with van der Waals surface area (Å²) in [6.07, 6.45) is -9.57. The molecule has 1 saturated heterocycles. The molecule has 1 fully saturated rings. The van der Waals surface area contributed by atoms with Gasteiger partial charge in [-0.1, -0.05) is 0 Å². The second-order valence-corrected chi connectivity index (χ2v) is 4.89. The van der Waals surface area contributed by atoms with E-state index in [4.69, 9.17) is 5.73 Å². The summed E-state index contributed by atoms with van der Waals surface area (Å²) in [5.74, 6) is -5.13. The minimum absolute atomic E-state index is 0.196. The maximum atomic E-state index is 12.6. The first-order valence-corrected chi connectivity index (χ1v) is 6.15. The molecular formula is C10H13F6N5. The van der Waals surface area contributed by atoms with E-state index in [1.54, 1.807) is 5.10 Å². The van der Waals surface area contributed by atoms with Crippen molar-refractivity contribution in [2.24, 2.45) is 5.73 Å². The number of alkyl halides is 6. The summed E-state index contributed by atoms with van der Waals surface area (Å²) in [5, 5.41) is 5.20. The van der Waals surface area contributed by atoms with Crippen LogP contribution < -0.4 is 10.6 Å². The van der Waals surface area contributed by atoms with Gasteiger partial charge in [0.2, 0.25) is 11.9 Å². The first-order chi connectivity index (χ1) is 9.59. The summed E-state index contributed by atoms with van der Waals surface area (Å²) in [5.41, 5.74) is 5.70. The van der Waals surface area contributed by atoms with Gasteiger partial charge in [-0.2, -0.15) is 31.3 Å². The van der Waals surface area contributed by atoms with E-state index < -0.39 is 24.1 Å². The zero-order valence-corrected chi connectivity index (χ0v) is 10.7. The summed E-state index contributed by atoms with van der Waals surface area (Å²) >= 11 is 0. The van der Waals surface area contributed by atoms with E-state index in [2.05, 4.69) is 10.1 Å². The third-order valence-electron chi connectivity index (χ3n) is 3.16. The van der Waals surface area contributed by atoms with Crippen LogP contribution in [0.3, 0.4) is 0 Å². The molecule has 0 spiro atoms. The molecule has 0 bridgehead atoms. The fraction of sp³-hybridized carbons (Fsp3) is 0.800. The highest BCUT2D eigenvalue weighted by Crippen LogP contribution is 2.45. The SMILES string of the molecule is NC1CCCN(c2n[nH]c(C(C(F)(F)F)C(F)(F)F)n2)C1. The highest BCUT2D eigenvalue weighted by atomic mass is 19.4. The van der Waals surface area contributed by atoms with Crippen LogP contribution in [0.25, 0.3) is 0 Å². The highest BCUT2D eigenvalue weighted by molar-refractivity contribution is 5.31. The number of H-pyrrole nitrogens is 1. The Bertz CT molecular complexity index is 467. The van der Waals surface area contributed by atoms with Crippen LogP contribution in [0.15, 0.2) is 0 Å². The molecule has 3 N–H and O–H groups in total. The van der Waals surface area contributed by atoms with Crippen molar-refractivity contribution in [2.75, 3.05) is 18.0 Å². The molecule has 0 radical (unpaired) electrons. The standard InChI is InChI=1S/C10H13F6N5/c11-9(12,13)6(10(14,15)16)7-18-8(20-19-7)21-3-1-2-5(17)4-21/h5-6H,1-4,17H2,(H,18,19,20). The van der Waals surface area contributed by atoms with Crippen molar-refractivity contribution in [2.45, 2.75) is 37.2 Å². The molecule has 2 rings (SSSR count). The maximum Gasteiger partial charge on any atom is 0.407 e. The Hall–Kier alpha value is -1.52. The van der Waals surface area contributed by atoms with E-state index in [9.17, 15) is 26.3 Å². The molecule has 21 heavy (non-hydrogen) atoms. The maximum absolute atomic E-state index is 12.6. The highest BCUT2D eigenvalue weighted by Gasteiger charge is 2.59. The molecule has 1 aromatic rings. The molecule has 1 atom stereocenters. The number of halogens is 6. The summed E-state index contributed by atoms with van der Waals surface area (Å²) in [6, 6.07) is -0.207. The van der Waals surface area contributed by atoms with Crippen molar-refractivity contribution >= 4 is 5.95 Å². The lowest BCUT2D eigenvalue weighted by Crippen LogP contribution is -2.43. The molecule has 11 heteroatoms. The van der Waals surface area contributed by atoms with Crippen LogP contribution in [0.1, 0.15) is 24.6 Å². The van der Waals surface area contributed by atoms with Gasteiger partial charge in [0.05, 0.1) is 0 Å². The first kappa shape index (κ1) is 15.9. The van der Waals surface area contributed by atoms with Crippen LogP contribution in [-0.4, -0.2) is 46.7 Å². The molecule has 0 aromatic carbocycles. The number of rotatable bonds is 2. The molecule has 0 amide bonds. The molecule has 1 unspecified atom stereocenters. The smallest absolute Gasteiger partial charge is 0.338 e. The Morgan fingerprint density at radius 2 is 1.81 bits per heavy atom. The van der Waals surface area contributed by atoms with Gasteiger partial charge in [-0.3, -0.25) is 5.10 Å². The summed E-state index contributed by atoms with van der Waals surface area (Å²) in [4.78, 5) is 4.84. The van der Waals surface area contributed by atoms with Crippen molar-refractivity contribution in [3.63, 3.8) is 0 Å². The Labute approximate surface area is 115 Å². The Balaban J connectivity index is 2.25.